The molecule has 0 radical (unpaired) electrons. The molecule has 0 spiro atoms. The van der Waals surface area contributed by atoms with E-state index in [1.54, 1.807) is 18.2 Å². The van der Waals surface area contributed by atoms with Crippen molar-refractivity contribution in [1.82, 2.24) is 14.9 Å². The van der Waals surface area contributed by atoms with Gasteiger partial charge in [0.05, 0.1) is 30.2 Å². The van der Waals surface area contributed by atoms with Crippen molar-refractivity contribution < 1.29 is 4.74 Å². The van der Waals surface area contributed by atoms with Gasteiger partial charge in [-0.2, -0.15) is 0 Å². The SMILES string of the molecule is CC1CN(Cc2nc3ccc(Cl)cc3c(=O)[nH]2)CCO1. The number of ether oxygens (including phenoxy) is 1. The Morgan fingerprint density at radius 1 is 1.55 bits per heavy atom. The van der Waals surface area contributed by atoms with Gasteiger partial charge >= 0.3 is 0 Å². The summed E-state index contributed by atoms with van der Waals surface area (Å²) < 4.78 is 5.50. The highest BCUT2D eigenvalue weighted by Crippen LogP contribution is 2.15. The monoisotopic (exact) mass is 293 g/mol. The molecular formula is C14H16ClN3O2. The zero-order valence-electron chi connectivity index (χ0n) is 11.2. The lowest BCUT2D eigenvalue weighted by atomic mass is 10.2. The van der Waals surface area contributed by atoms with E-state index in [1.165, 1.54) is 0 Å². The molecule has 0 amide bonds. The van der Waals surface area contributed by atoms with Gasteiger partial charge in [0.2, 0.25) is 0 Å². The molecule has 1 aliphatic rings. The van der Waals surface area contributed by atoms with Gasteiger partial charge in [0.15, 0.2) is 0 Å². The minimum absolute atomic E-state index is 0.145. The fourth-order valence-corrected chi connectivity index (χ4v) is 2.65. The highest BCUT2D eigenvalue weighted by molar-refractivity contribution is 6.31. The molecule has 3 rings (SSSR count). The van der Waals surface area contributed by atoms with Gasteiger partial charge in [-0.25, -0.2) is 4.98 Å². The number of benzene rings is 1. The molecule has 1 saturated heterocycles. The first-order chi connectivity index (χ1) is 9.61. The number of H-pyrrole nitrogens is 1. The lowest BCUT2D eigenvalue weighted by molar-refractivity contribution is -0.0219. The Labute approximate surface area is 121 Å². The van der Waals surface area contributed by atoms with Crippen molar-refractivity contribution in [2.45, 2.75) is 19.6 Å². The average molecular weight is 294 g/mol. The molecule has 1 aromatic carbocycles. The first-order valence-corrected chi connectivity index (χ1v) is 7.02. The van der Waals surface area contributed by atoms with Crippen molar-refractivity contribution in [3.63, 3.8) is 0 Å². The number of nitrogens with one attached hydrogen (secondary N) is 1. The average Bonchev–Trinajstić information content (AvgIpc) is 2.40. The van der Waals surface area contributed by atoms with Crippen LogP contribution in [-0.2, 0) is 11.3 Å². The Bertz CT molecular complexity index is 686. The number of nitrogens with zero attached hydrogens (tertiary/aromatic N) is 2. The Hall–Kier alpha value is -1.43. The predicted octanol–water partition coefficient (Wildman–Crippen LogP) is 1.80. The minimum Gasteiger partial charge on any atom is -0.376 e. The second-order valence-corrected chi connectivity index (χ2v) is 5.53. The molecule has 2 heterocycles. The summed E-state index contributed by atoms with van der Waals surface area (Å²) in [6.45, 7) is 5.09. The molecule has 1 atom stereocenters. The van der Waals surface area contributed by atoms with Crippen molar-refractivity contribution in [3.8, 4) is 0 Å². The van der Waals surface area contributed by atoms with Crippen LogP contribution >= 0.6 is 11.6 Å². The number of hydrogen-bond acceptors (Lipinski definition) is 4. The van der Waals surface area contributed by atoms with Crippen molar-refractivity contribution in [3.05, 3.63) is 39.4 Å². The molecule has 0 saturated carbocycles. The fourth-order valence-electron chi connectivity index (χ4n) is 2.48. The number of hydrogen-bond donors (Lipinski definition) is 1. The summed E-state index contributed by atoms with van der Waals surface area (Å²) in [5, 5.41) is 1.07. The van der Waals surface area contributed by atoms with Crippen LogP contribution in [0.5, 0.6) is 0 Å². The molecular weight excluding hydrogens is 278 g/mol. The van der Waals surface area contributed by atoms with E-state index in [0.29, 0.717) is 34.9 Å². The normalized spacial score (nSPS) is 20.4. The van der Waals surface area contributed by atoms with Gasteiger partial charge in [0.1, 0.15) is 5.82 Å². The van der Waals surface area contributed by atoms with Crippen LogP contribution in [-0.4, -0.2) is 40.7 Å². The van der Waals surface area contributed by atoms with Gasteiger partial charge < -0.3 is 9.72 Å². The first kappa shape index (κ1) is 13.5. The Balaban J connectivity index is 1.89. The van der Waals surface area contributed by atoms with Gasteiger partial charge in [-0.05, 0) is 25.1 Å². The Kier molecular flexibility index (Phi) is 3.74. The molecule has 1 N–H and O–H groups in total. The lowest BCUT2D eigenvalue weighted by Gasteiger charge is -2.30. The van der Waals surface area contributed by atoms with E-state index in [9.17, 15) is 4.79 Å². The van der Waals surface area contributed by atoms with Crippen LogP contribution in [0.25, 0.3) is 10.9 Å². The van der Waals surface area contributed by atoms with Gasteiger partial charge in [0, 0.05) is 18.1 Å². The second-order valence-electron chi connectivity index (χ2n) is 5.09. The van der Waals surface area contributed by atoms with Crippen molar-refractivity contribution in [2.24, 2.45) is 0 Å². The van der Waals surface area contributed by atoms with Crippen molar-refractivity contribution >= 4 is 22.5 Å². The topological polar surface area (TPSA) is 58.2 Å². The highest BCUT2D eigenvalue weighted by atomic mass is 35.5. The number of fused-ring (bicyclic) bond motifs is 1. The largest absolute Gasteiger partial charge is 0.376 e. The Morgan fingerprint density at radius 2 is 2.40 bits per heavy atom. The molecule has 5 nitrogen and oxygen atoms in total. The zero-order chi connectivity index (χ0) is 14.1. The van der Waals surface area contributed by atoms with Gasteiger partial charge in [-0.15, -0.1) is 0 Å². The van der Waals surface area contributed by atoms with Crippen LogP contribution in [0.2, 0.25) is 5.02 Å². The number of aromatic amines is 1. The maximum atomic E-state index is 12.1. The zero-order valence-corrected chi connectivity index (χ0v) is 12.0. The van der Waals surface area contributed by atoms with Crippen LogP contribution in [0.15, 0.2) is 23.0 Å². The molecule has 20 heavy (non-hydrogen) atoms. The van der Waals surface area contributed by atoms with E-state index in [2.05, 4.69) is 14.9 Å². The summed E-state index contributed by atoms with van der Waals surface area (Å²) in [5.41, 5.74) is 0.531. The number of halogens is 1. The summed E-state index contributed by atoms with van der Waals surface area (Å²) in [6.07, 6.45) is 0.217. The summed E-state index contributed by atoms with van der Waals surface area (Å²) in [4.78, 5) is 21.6. The quantitative estimate of drug-likeness (QED) is 0.917. The van der Waals surface area contributed by atoms with Crippen molar-refractivity contribution in [2.75, 3.05) is 19.7 Å². The molecule has 106 valence electrons. The molecule has 1 unspecified atom stereocenters. The van der Waals surface area contributed by atoms with Crippen LogP contribution in [0.1, 0.15) is 12.7 Å². The number of morpholine rings is 1. The van der Waals surface area contributed by atoms with E-state index in [0.717, 1.165) is 13.1 Å². The summed E-state index contributed by atoms with van der Waals surface area (Å²) in [5.74, 6) is 0.680. The second kappa shape index (κ2) is 5.52. The lowest BCUT2D eigenvalue weighted by Crippen LogP contribution is -2.41. The third kappa shape index (κ3) is 2.85. The predicted molar refractivity (Wildman–Crippen MR) is 78.1 cm³/mol. The minimum atomic E-state index is -0.145. The van der Waals surface area contributed by atoms with Gasteiger partial charge in [0.25, 0.3) is 5.56 Å². The van der Waals surface area contributed by atoms with Crippen LogP contribution < -0.4 is 5.56 Å². The third-order valence-electron chi connectivity index (χ3n) is 3.42. The third-order valence-corrected chi connectivity index (χ3v) is 3.65. The smallest absolute Gasteiger partial charge is 0.258 e. The van der Waals surface area contributed by atoms with Crippen LogP contribution in [0.3, 0.4) is 0 Å². The molecule has 1 aliphatic heterocycles. The maximum absolute atomic E-state index is 12.1. The maximum Gasteiger partial charge on any atom is 0.258 e. The molecule has 6 heteroatoms. The molecule has 2 aromatic rings. The molecule has 0 bridgehead atoms. The molecule has 0 aliphatic carbocycles. The molecule has 1 aromatic heterocycles. The first-order valence-electron chi connectivity index (χ1n) is 6.64. The summed E-state index contributed by atoms with van der Waals surface area (Å²) in [7, 11) is 0. The van der Waals surface area contributed by atoms with E-state index in [1.807, 2.05) is 6.92 Å². The van der Waals surface area contributed by atoms with Gasteiger partial charge in [-0.1, -0.05) is 11.6 Å². The summed E-state index contributed by atoms with van der Waals surface area (Å²) >= 11 is 5.90. The number of aromatic nitrogens is 2. The van der Waals surface area contributed by atoms with E-state index in [4.69, 9.17) is 16.3 Å². The summed E-state index contributed by atoms with van der Waals surface area (Å²) in [6, 6.07) is 5.17. The van der Waals surface area contributed by atoms with Crippen molar-refractivity contribution in [1.29, 1.82) is 0 Å². The highest BCUT2D eigenvalue weighted by Gasteiger charge is 2.17. The van der Waals surface area contributed by atoms with Crippen LogP contribution in [0, 0.1) is 0 Å². The molecule has 1 fully saturated rings. The van der Waals surface area contributed by atoms with E-state index in [-0.39, 0.29) is 11.7 Å². The number of rotatable bonds is 2. The fraction of sp³-hybridized carbons (Fsp3) is 0.429. The van der Waals surface area contributed by atoms with Gasteiger partial charge in [-0.3, -0.25) is 9.69 Å². The van der Waals surface area contributed by atoms with E-state index < -0.39 is 0 Å². The van der Waals surface area contributed by atoms with Crippen LogP contribution in [0.4, 0.5) is 0 Å². The Morgan fingerprint density at radius 3 is 3.20 bits per heavy atom. The standard InChI is InChI=1S/C14H16ClN3O2/c1-9-7-18(4-5-20-9)8-13-16-12-3-2-10(15)6-11(12)14(19)17-13/h2-3,6,9H,4-5,7-8H2,1H3,(H,16,17,19). The van der Waals surface area contributed by atoms with E-state index >= 15 is 0 Å².